The summed E-state index contributed by atoms with van der Waals surface area (Å²) >= 11 is 0. The Hall–Kier alpha value is -1.84. The Morgan fingerprint density at radius 2 is 2.16 bits per heavy atom. The number of ketones is 1. The lowest BCUT2D eigenvalue weighted by atomic mass is 10.1. The SMILES string of the molecule is CCOC(=O)CCN1CCc2cc(C(C)=O)ccc21. The summed E-state index contributed by atoms with van der Waals surface area (Å²) in [6.45, 7) is 5.39. The summed E-state index contributed by atoms with van der Waals surface area (Å²) in [6.07, 6.45) is 1.33. The highest BCUT2D eigenvalue weighted by molar-refractivity contribution is 5.94. The molecule has 0 N–H and O–H groups in total. The van der Waals surface area contributed by atoms with E-state index < -0.39 is 0 Å². The molecule has 4 heteroatoms. The minimum atomic E-state index is -0.156. The molecule has 0 unspecified atom stereocenters. The summed E-state index contributed by atoms with van der Waals surface area (Å²) in [6, 6.07) is 5.79. The average Bonchev–Trinajstić information content (AvgIpc) is 2.79. The van der Waals surface area contributed by atoms with Crippen LogP contribution >= 0.6 is 0 Å². The molecule has 0 spiro atoms. The zero-order valence-corrected chi connectivity index (χ0v) is 11.4. The summed E-state index contributed by atoms with van der Waals surface area (Å²) in [4.78, 5) is 24.9. The molecule has 0 amide bonds. The Balaban J connectivity index is 2.02. The first-order valence-corrected chi connectivity index (χ1v) is 6.66. The Bertz CT molecular complexity index is 496. The molecule has 0 saturated heterocycles. The largest absolute Gasteiger partial charge is 0.466 e. The van der Waals surface area contributed by atoms with Gasteiger partial charge in [-0.1, -0.05) is 0 Å². The molecule has 0 bridgehead atoms. The third-order valence-electron chi connectivity index (χ3n) is 3.37. The summed E-state index contributed by atoms with van der Waals surface area (Å²) in [5, 5.41) is 0. The van der Waals surface area contributed by atoms with Crippen LogP contribution in [0.5, 0.6) is 0 Å². The molecular formula is C15H19NO3. The van der Waals surface area contributed by atoms with Crippen molar-refractivity contribution in [3.05, 3.63) is 29.3 Å². The molecule has 0 radical (unpaired) electrons. The van der Waals surface area contributed by atoms with Gasteiger partial charge in [0.05, 0.1) is 13.0 Å². The van der Waals surface area contributed by atoms with Gasteiger partial charge in [0.15, 0.2) is 5.78 Å². The van der Waals surface area contributed by atoms with E-state index in [4.69, 9.17) is 4.74 Å². The van der Waals surface area contributed by atoms with Gasteiger partial charge in [-0.15, -0.1) is 0 Å². The highest BCUT2D eigenvalue weighted by Gasteiger charge is 2.20. The van der Waals surface area contributed by atoms with Crippen molar-refractivity contribution < 1.29 is 14.3 Å². The Labute approximate surface area is 113 Å². The maximum Gasteiger partial charge on any atom is 0.307 e. The molecule has 0 fully saturated rings. The summed E-state index contributed by atoms with van der Waals surface area (Å²) in [5.74, 6) is -0.0657. The second kappa shape index (κ2) is 5.87. The molecule has 0 aliphatic carbocycles. The number of ether oxygens (including phenoxy) is 1. The van der Waals surface area contributed by atoms with E-state index in [0.717, 1.165) is 24.2 Å². The second-order valence-corrected chi connectivity index (χ2v) is 4.69. The van der Waals surface area contributed by atoms with Crippen molar-refractivity contribution in [2.24, 2.45) is 0 Å². The summed E-state index contributed by atoms with van der Waals surface area (Å²) < 4.78 is 4.93. The number of nitrogens with zero attached hydrogens (tertiary/aromatic N) is 1. The predicted molar refractivity (Wildman–Crippen MR) is 73.6 cm³/mol. The van der Waals surface area contributed by atoms with Crippen LogP contribution in [0, 0.1) is 0 Å². The van der Waals surface area contributed by atoms with E-state index in [1.165, 1.54) is 5.56 Å². The standard InChI is InChI=1S/C15H19NO3/c1-3-19-15(18)7-9-16-8-6-13-10-12(11(2)17)4-5-14(13)16/h4-5,10H,3,6-9H2,1-2H3. The second-order valence-electron chi connectivity index (χ2n) is 4.69. The fourth-order valence-corrected chi connectivity index (χ4v) is 2.38. The van der Waals surface area contributed by atoms with Crippen molar-refractivity contribution in [2.75, 3.05) is 24.6 Å². The molecule has 4 nitrogen and oxygen atoms in total. The fourth-order valence-electron chi connectivity index (χ4n) is 2.38. The number of Topliss-reactive ketones (excluding diaryl/α,β-unsaturated/α-hetero) is 1. The van der Waals surface area contributed by atoms with Crippen LogP contribution < -0.4 is 4.90 Å². The maximum absolute atomic E-state index is 11.4. The molecule has 1 aliphatic rings. The van der Waals surface area contributed by atoms with Gasteiger partial charge in [0.25, 0.3) is 0 Å². The predicted octanol–water partition coefficient (Wildman–Crippen LogP) is 2.20. The minimum absolute atomic E-state index is 0.0905. The molecule has 1 heterocycles. The average molecular weight is 261 g/mol. The van der Waals surface area contributed by atoms with Gasteiger partial charge in [-0.2, -0.15) is 0 Å². The van der Waals surface area contributed by atoms with Crippen LogP contribution in [0.2, 0.25) is 0 Å². The highest BCUT2D eigenvalue weighted by Crippen LogP contribution is 2.29. The molecule has 0 aromatic heterocycles. The van der Waals surface area contributed by atoms with Crippen molar-refractivity contribution >= 4 is 17.4 Å². The van der Waals surface area contributed by atoms with Crippen LogP contribution in [0.3, 0.4) is 0 Å². The van der Waals surface area contributed by atoms with E-state index in [2.05, 4.69) is 4.90 Å². The number of carbonyl (C=O) groups excluding carboxylic acids is 2. The topological polar surface area (TPSA) is 46.6 Å². The maximum atomic E-state index is 11.4. The smallest absolute Gasteiger partial charge is 0.307 e. The summed E-state index contributed by atoms with van der Waals surface area (Å²) in [5.41, 5.74) is 3.08. The molecule has 0 saturated carbocycles. The zero-order chi connectivity index (χ0) is 13.8. The third kappa shape index (κ3) is 3.13. The summed E-state index contributed by atoms with van der Waals surface area (Å²) in [7, 11) is 0. The number of benzene rings is 1. The number of anilines is 1. The molecule has 19 heavy (non-hydrogen) atoms. The lowest BCUT2D eigenvalue weighted by molar-refractivity contribution is -0.142. The van der Waals surface area contributed by atoms with E-state index >= 15 is 0 Å². The Kier molecular flexibility index (Phi) is 4.20. The minimum Gasteiger partial charge on any atom is -0.466 e. The first-order chi connectivity index (χ1) is 9.11. The van der Waals surface area contributed by atoms with E-state index in [1.807, 2.05) is 25.1 Å². The monoisotopic (exact) mass is 261 g/mol. The van der Waals surface area contributed by atoms with Crippen molar-refractivity contribution in [3.63, 3.8) is 0 Å². The van der Waals surface area contributed by atoms with Crippen molar-refractivity contribution in [1.82, 2.24) is 0 Å². The Morgan fingerprint density at radius 1 is 1.37 bits per heavy atom. The van der Waals surface area contributed by atoms with Gasteiger partial charge in [-0.05, 0) is 44.0 Å². The Morgan fingerprint density at radius 3 is 2.84 bits per heavy atom. The zero-order valence-electron chi connectivity index (χ0n) is 11.4. The van der Waals surface area contributed by atoms with Gasteiger partial charge in [-0.25, -0.2) is 0 Å². The number of rotatable bonds is 5. The van der Waals surface area contributed by atoms with Crippen molar-refractivity contribution in [1.29, 1.82) is 0 Å². The molecule has 0 atom stereocenters. The lowest BCUT2D eigenvalue weighted by Crippen LogP contribution is -2.24. The number of hydrogen-bond acceptors (Lipinski definition) is 4. The van der Waals surface area contributed by atoms with E-state index in [0.29, 0.717) is 19.6 Å². The van der Waals surface area contributed by atoms with Gasteiger partial charge >= 0.3 is 5.97 Å². The van der Waals surface area contributed by atoms with Crippen molar-refractivity contribution in [3.8, 4) is 0 Å². The van der Waals surface area contributed by atoms with E-state index in [1.54, 1.807) is 6.92 Å². The van der Waals surface area contributed by atoms with Crippen molar-refractivity contribution in [2.45, 2.75) is 26.7 Å². The van der Waals surface area contributed by atoms with Gasteiger partial charge in [0, 0.05) is 24.3 Å². The van der Waals surface area contributed by atoms with Crippen LogP contribution in [0.25, 0.3) is 0 Å². The van der Waals surface area contributed by atoms with Crippen LogP contribution in [0.4, 0.5) is 5.69 Å². The highest BCUT2D eigenvalue weighted by atomic mass is 16.5. The van der Waals surface area contributed by atoms with Gasteiger partial charge in [0.1, 0.15) is 0 Å². The van der Waals surface area contributed by atoms with Crippen LogP contribution in [-0.2, 0) is 16.0 Å². The first kappa shape index (κ1) is 13.6. The van der Waals surface area contributed by atoms with Crippen LogP contribution in [0.1, 0.15) is 36.2 Å². The number of fused-ring (bicyclic) bond motifs is 1. The molecular weight excluding hydrogens is 242 g/mol. The first-order valence-electron chi connectivity index (χ1n) is 6.66. The van der Waals surface area contributed by atoms with E-state index in [9.17, 15) is 9.59 Å². The molecule has 2 rings (SSSR count). The molecule has 1 aromatic carbocycles. The quantitative estimate of drug-likeness (QED) is 0.602. The normalized spacial score (nSPS) is 13.3. The number of hydrogen-bond donors (Lipinski definition) is 0. The molecule has 1 aliphatic heterocycles. The number of carbonyl (C=O) groups is 2. The fraction of sp³-hybridized carbons (Fsp3) is 0.467. The van der Waals surface area contributed by atoms with Gasteiger partial charge in [0.2, 0.25) is 0 Å². The molecule has 102 valence electrons. The van der Waals surface area contributed by atoms with Gasteiger partial charge < -0.3 is 9.64 Å². The molecule has 1 aromatic rings. The number of esters is 1. The van der Waals surface area contributed by atoms with Gasteiger partial charge in [-0.3, -0.25) is 9.59 Å². The third-order valence-corrected chi connectivity index (χ3v) is 3.37. The van der Waals surface area contributed by atoms with Crippen LogP contribution in [0.15, 0.2) is 18.2 Å². The van der Waals surface area contributed by atoms with Crippen LogP contribution in [-0.4, -0.2) is 31.4 Å². The lowest BCUT2D eigenvalue weighted by Gasteiger charge is -2.18. The van der Waals surface area contributed by atoms with E-state index in [-0.39, 0.29) is 11.8 Å².